The molecule has 1 unspecified atom stereocenters. The van der Waals surface area contributed by atoms with Crippen molar-refractivity contribution >= 4 is 11.8 Å². The first kappa shape index (κ1) is 20.3. The number of nitrogens with one attached hydrogen (secondary N) is 1. The summed E-state index contributed by atoms with van der Waals surface area (Å²) in [4.78, 5) is 27.2. The third kappa shape index (κ3) is 5.48. The maximum atomic E-state index is 12.9. The van der Waals surface area contributed by atoms with Gasteiger partial charge in [-0.15, -0.1) is 0 Å². The van der Waals surface area contributed by atoms with Crippen LogP contribution in [0.4, 0.5) is 0 Å². The highest BCUT2D eigenvalue weighted by Crippen LogP contribution is 2.24. The molecule has 1 aromatic carbocycles. The predicted octanol–water partition coefficient (Wildman–Crippen LogP) is 3.37. The van der Waals surface area contributed by atoms with E-state index in [0.29, 0.717) is 6.54 Å². The van der Waals surface area contributed by atoms with Gasteiger partial charge in [-0.05, 0) is 36.5 Å². The number of amides is 2. The lowest BCUT2D eigenvalue weighted by Crippen LogP contribution is -2.51. The number of likely N-dealkylation sites (N-methyl/N-ethyl adjacent to an activating group) is 1. The molecule has 0 spiro atoms. The van der Waals surface area contributed by atoms with E-state index in [2.05, 4.69) is 5.32 Å². The Morgan fingerprint density at radius 3 is 2.31 bits per heavy atom. The van der Waals surface area contributed by atoms with Crippen LogP contribution >= 0.6 is 0 Å². The van der Waals surface area contributed by atoms with Crippen molar-refractivity contribution in [3.63, 3.8) is 0 Å². The van der Waals surface area contributed by atoms with Crippen LogP contribution in [0.3, 0.4) is 0 Å². The highest BCUT2D eigenvalue weighted by molar-refractivity contribution is 5.88. The standard InChI is InChI=1S/C21H32N2O3/c1-15(2)19(22-20(24)17-8-6-5-7-9-17)21(25)23(3)14-16-10-12-18(26-4)13-11-16/h10-13,15,17,19H,5-9,14H2,1-4H3,(H,22,24). The maximum absolute atomic E-state index is 12.9. The largest absolute Gasteiger partial charge is 0.497 e. The van der Waals surface area contributed by atoms with Gasteiger partial charge in [0.2, 0.25) is 11.8 Å². The summed E-state index contributed by atoms with van der Waals surface area (Å²) in [7, 11) is 3.42. The van der Waals surface area contributed by atoms with Crippen molar-refractivity contribution in [3.05, 3.63) is 29.8 Å². The van der Waals surface area contributed by atoms with Crippen LogP contribution in [0.25, 0.3) is 0 Å². The van der Waals surface area contributed by atoms with Crippen molar-refractivity contribution in [3.8, 4) is 5.75 Å². The van der Waals surface area contributed by atoms with E-state index in [1.807, 2.05) is 38.1 Å². The van der Waals surface area contributed by atoms with Crippen LogP contribution in [0.5, 0.6) is 5.75 Å². The van der Waals surface area contributed by atoms with Crippen LogP contribution < -0.4 is 10.1 Å². The van der Waals surface area contributed by atoms with Gasteiger partial charge in [-0.25, -0.2) is 0 Å². The number of carbonyl (C=O) groups is 2. The van der Waals surface area contributed by atoms with Crippen LogP contribution in [0, 0.1) is 11.8 Å². The zero-order chi connectivity index (χ0) is 19.1. The van der Waals surface area contributed by atoms with Gasteiger partial charge in [0.15, 0.2) is 0 Å². The minimum absolute atomic E-state index is 0.0367. The van der Waals surface area contributed by atoms with Crippen molar-refractivity contribution in [1.29, 1.82) is 0 Å². The Kier molecular flexibility index (Phi) is 7.49. The van der Waals surface area contributed by atoms with E-state index < -0.39 is 6.04 Å². The monoisotopic (exact) mass is 360 g/mol. The number of nitrogens with zero attached hydrogens (tertiary/aromatic N) is 1. The highest BCUT2D eigenvalue weighted by Gasteiger charge is 2.30. The third-order valence-corrected chi connectivity index (χ3v) is 5.16. The molecule has 1 N–H and O–H groups in total. The summed E-state index contributed by atoms with van der Waals surface area (Å²) in [5.74, 6) is 0.898. The van der Waals surface area contributed by atoms with Crippen molar-refractivity contribution in [2.45, 2.75) is 58.5 Å². The SMILES string of the molecule is COc1ccc(CN(C)C(=O)C(NC(=O)C2CCCCC2)C(C)C)cc1. The van der Waals surface area contributed by atoms with E-state index in [1.54, 1.807) is 19.1 Å². The molecular weight excluding hydrogens is 328 g/mol. The van der Waals surface area contributed by atoms with Crippen molar-refractivity contribution in [1.82, 2.24) is 10.2 Å². The van der Waals surface area contributed by atoms with E-state index in [9.17, 15) is 9.59 Å². The lowest BCUT2D eigenvalue weighted by atomic mass is 9.88. The second-order valence-electron chi connectivity index (χ2n) is 7.61. The summed E-state index contributed by atoms with van der Waals surface area (Å²) < 4.78 is 5.16. The van der Waals surface area contributed by atoms with Gasteiger partial charge in [-0.2, -0.15) is 0 Å². The van der Waals surface area contributed by atoms with E-state index in [-0.39, 0.29) is 23.7 Å². The normalized spacial score (nSPS) is 16.2. The molecule has 5 nitrogen and oxygen atoms in total. The molecule has 1 aromatic rings. The second-order valence-corrected chi connectivity index (χ2v) is 7.61. The Balaban J connectivity index is 1.97. The van der Waals surface area contributed by atoms with Gasteiger partial charge in [-0.3, -0.25) is 9.59 Å². The van der Waals surface area contributed by atoms with Gasteiger partial charge in [0.25, 0.3) is 0 Å². The molecular formula is C21H32N2O3. The minimum Gasteiger partial charge on any atom is -0.497 e. The molecule has 0 saturated heterocycles. The molecule has 0 aliphatic heterocycles. The molecule has 1 saturated carbocycles. The van der Waals surface area contributed by atoms with E-state index in [4.69, 9.17) is 4.74 Å². The molecule has 0 radical (unpaired) electrons. The fraction of sp³-hybridized carbons (Fsp3) is 0.619. The third-order valence-electron chi connectivity index (χ3n) is 5.16. The molecule has 1 aliphatic rings. The highest BCUT2D eigenvalue weighted by atomic mass is 16.5. The molecule has 0 bridgehead atoms. The number of rotatable bonds is 7. The quantitative estimate of drug-likeness (QED) is 0.811. The Bertz CT molecular complexity index is 592. The summed E-state index contributed by atoms with van der Waals surface area (Å²) in [5.41, 5.74) is 1.03. The topological polar surface area (TPSA) is 58.6 Å². The van der Waals surface area contributed by atoms with E-state index in [0.717, 1.165) is 37.0 Å². The van der Waals surface area contributed by atoms with Gasteiger partial charge in [0.1, 0.15) is 11.8 Å². The summed E-state index contributed by atoms with van der Waals surface area (Å²) in [5, 5.41) is 3.02. The lowest BCUT2D eigenvalue weighted by molar-refractivity contribution is -0.138. The van der Waals surface area contributed by atoms with Gasteiger partial charge >= 0.3 is 0 Å². The van der Waals surface area contributed by atoms with Crippen LogP contribution in [0.15, 0.2) is 24.3 Å². The van der Waals surface area contributed by atoms with Crippen LogP contribution in [0.1, 0.15) is 51.5 Å². The molecule has 0 heterocycles. The van der Waals surface area contributed by atoms with E-state index >= 15 is 0 Å². The molecule has 2 rings (SSSR count). The molecule has 5 heteroatoms. The molecule has 2 amide bonds. The fourth-order valence-electron chi connectivity index (χ4n) is 3.47. The van der Waals surface area contributed by atoms with Gasteiger partial charge in [0, 0.05) is 19.5 Å². The Hall–Kier alpha value is -2.04. The number of hydrogen-bond acceptors (Lipinski definition) is 3. The summed E-state index contributed by atoms with van der Waals surface area (Å²) >= 11 is 0. The van der Waals surface area contributed by atoms with Gasteiger partial charge < -0.3 is 15.0 Å². The Labute approximate surface area is 157 Å². The van der Waals surface area contributed by atoms with Crippen LogP contribution in [-0.2, 0) is 16.1 Å². The number of methoxy groups -OCH3 is 1. The number of benzene rings is 1. The molecule has 1 atom stereocenters. The molecule has 1 fully saturated rings. The van der Waals surface area contributed by atoms with Crippen molar-refractivity contribution < 1.29 is 14.3 Å². The predicted molar refractivity (Wildman–Crippen MR) is 103 cm³/mol. The minimum atomic E-state index is -0.479. The fourth-order valence-corrected chi connectivity index (χ4v) is 3.47. The van der Waals surface area contributed by atoms with E-state index in [1.165, 1.54) is 6.42 Å². The van der Waals surface area contributed by atoms with Crippen LogP contribution in [0.2, 0.25) is 0 Å². The summed E-state index contributed by atoms with van der Waals surface area (Å²) in [6.07, 6.45) is 5.30. The van der Waals surface area contributed by atoms with Crippen molar-refractivity contribution in [2.75, 3.05) is 14.2 Å². The number of hydrogen-bond donors (Lipinski definition) is 1. The molecule has 1 aliphatic carbocycles. The zero-order valence-corrected chi connectivity index (χ0v) is 16.5. The van der Waals surface area contributed by atoms with Gasteiger partial charge in [-0.1, -0.05) is 45.2 Å². The van der Waals surface area contributed by atoms with Crippen molar-refractivity contribution in [2.24, 2.45) is 11.8 Å². The average Bonchev–Trinajstić information content (AvgIpc) is 2.66. The Morgan fingerprint density at radius 1 is 1.15 bits per heavy atom. The number of ether oxygens (including phenoxy) is 1. The second kappa shape index (κ2) is 9.60. The maximum Gasteiger partial charge on any atom is 0.245 e. The lowest BCUT2D eigenvalue weighted by Gasteiger charge is -2.29. The molecule has 26 heavy (non-hydrogen) atoms. The summed E-state index contributed by atoms with van der Waals surface area (Å²) in [6.45, 7) is 4.46. The first-order valence-corrected chi connectivity index (χ1v) is 9.60. The Morgan fingerprint density at radius 2 is 1.77 bits per heavy atom. The first-order chi connectivity index (χ1) is 12.4. The molecule has 0 aromatic heterocycles. The summed E-state index contributed by atoms with van der Waals surface area (Å²) in [6, 6.07) is 7.20. The first-order valence-electron chi connectivity index (χ1n) is 9.60. The van der Waals surface area contributed by atoms with Gasteiger partial charge in [0.05, 0.1) is 7.11 Å². The van der Waals surface area contributed by atoms with Crippen LogP contribution in [-0.4, -0.2) is 36.9 Å². The smallest absolute Gasteiger partial charge is 0.245 e. The zero-order valence-electron chi connectivity index (χ0n) is 16.5. The number of carbonyl (C=O) groups excluding carboxylic acids is 2. The average molecular weight is 360 g/mol. The molecule has 144 valence electrons.